The van der Waals surface area contributed by atoms with Crippen LogP contribution >= 0.6 is 0 Å². The number of likely N-dealkylation sites (tertiary alicyclic amines) is 1. The number of halogens is 1. The molecule has 4 rings (SSSR count). The molecule has 1 aliphatic rings. The number of nitrogens with one attached hydrogen (secondary N) is 3. The monoisotopic (exact) mass is 511 g/mol. The van der Waals surface area contributed by atoms with Crippen molar-refractivity contribution in [2.45, 2.75) is 32.0 Å². The lowest BCUT2D eigenvalue weighted by molar-refractivity contribution is -0.0948. The van der Waals surface area contributed by atoms with Gasteiger partial charge in [0.25, 0.3) is 5.91 Å². The fourth-order valence-corrected chi connectivity index (χ4v) is 4.05. The van der Waals surface area contributed by atoms with Gasteiger partial charge in [-0.1, -0.05) is 0 Å². The molecule has 37 heavy (non-hydrogen) atoms. The summed E-state index contributed by atoms with van der Waals surface area (Å²) in [4.78, 5) is 42.7. The second-order valence-electron chi connectivity index (χ2n) is 9.91. The minimum Gasteiger partial charge on any atom is -0.444 e. The number of aliphatic hydroxyl groups is 1. The van der Waals surface area contributed by atoms with Crippen molar-refractivity contribution in [3.8, 4) is 0 Å². The molecule has 4 N–H and O–H groups in total. The number of hydrogen-bond acceptors (Lipinski definition) is 8. The number of carbonyl (C=O) groups is 2. The van der Waals surface area contributed by atoms with E-state index < -0.39 is 29.0 Å². The molecule has 1 saturated heterocycles. The normalized spacial score (nSPS) is 15.3. The van der Waals surface area contributed by atoms with Gasteiger partial charge in [0.1, 0.15) is 28.2 Å². The van der Waals surface area contributed by atoms with Crippen LogP contribution < -0.4 is 10.6 Å². The number of rotatable bonds is 6. The third kappa shape index (κ3) is 5.53. The molecule has 1 aliphatic heterocycles. The summed E-state index contributed by atoms with van der Waals surface area (Å²) in [6.45, 7) is 5.32. The molecule has 3 aromatic rings. The lowest BCUT2D eigenvalue weighted by atomic mass is 9.94. The maximum Gasteiger partial charge on any atom is 0.410 e. The summed E-state index contributed by atoms with van der Waals surface area (Å²) in [6, 6.07) is 4.29. The highest BCUT2D eigenvalue weighted by Gasteiger charge is 2.45. The van der Waals surface area contributed by atoms with Gasteiger partial charge in [0.15, 0.2) is 5.65 Å². The number of amides is 2. The molecular formula is C25H30FN7O4. The number of fused-ring (bicyclic) bond motifs is 1. The highest BCUT2D eigenvalue weighted by Crippen LogP contribution is 2.24. The van der Waals surface area contributed by atoms with Gasteiger partial charge in [-0.05, 0) is 39.0 Å². The Hall–Kier alpha value is -4.06. The van der Waals surface area contributed by atoms with Crippen molar-refractivity contribution in [2.75, 3.05) is 39.0 Å². The summed E-state index contributed by atoms with van der Waals surface area (Å²) >= 11 is 0. The number of aromatic amines is 1. The second-order valence-corrected chi connectivity index (χ2v) is 9.91. The number of aromatic nitrogens is 3. The smallest absolute Gasteiger partial charge is 0.410 e. The van der Waals surface area contributed by atoms with E-state index in [2.05, 4.69) is 30.6 Å². The minimum atomic E-state index is -1.26. The highest BCUT2D eigenvalue weighted by atomic mass is 19.1. The topological polar surface area (TPSA) is 145 Å². The zero-order valence-electron chi connectivity index (χ0n) is 21.3. The van der Waals surface area contributed by atoms with E-state index >= 15 is 0 Å². The van der Waals surface area contributed by atoms with Crippen molar-refractivity contribution < 1.29 is 23.8 Å². The van der Waals surface area contributed by atoms with Gasteiger partial charge >= 0.3 is 6.09 Å². The van der Waals surface area contributed by atoms with E-state index in [1.165, 1.54) is 29.4 Å². The van der Waals surface area contributed by atoms with E-state index in [-0.39, 0.29) is 25.2 Å². The number of ether oxygens (including phenoxy) is 1. The van der Waals surface area contributed by atoms with E-state index in [0.717, 1.165) is 0 Å². The van der Waals surface area contributed by atoms with Gasteiger partial charge in [0, 0.05) is 31.5 Å². The van der Waals surface area contributed by atoms with Gasteiger partial charge in [0.05, 0.1) is 37.1 Å². The lowest BCUT2D eigenvalue weighted by Crippen LogP contribution is -2.68. The second kappa shape index (κ2) is 9.77. The molecule has 0 bridgehead atoms. The van der Waals surface area contributed by atoms with Crippen LogP contribution in [0.2, 0.25) is 0 Å². The molecule has 196 valence electrons. The Kier molecular flexibility index (Phi) is 6.87. The van der Waals surface area contributed by atoms with E-state index in [9.17, 15) is 19.1 Å². The van der Waals surface area contributed by atoms with Crippen molar-refractivity contribution in [1.29, 1.82) is 0 Å². The van der Waals surface area contributed by atoms with Gasteiger partial charge < -0.3 is 30.4 Å². The van der Waals surface area contributed by atoms with Crippen LogP contribution in [0.5, 0.6) is 0 Å². The van der Waals surface area contributed by atoms with Crippen LogP contribution in [0.3, 0.4) is 0 Å². The van der Waals surface area contributed by atoms with Crippen molar-refractivity contribution >= 4 is 34.6 Å². The molecule has 0 spiro atoms. The number of hydrogen-bond donors (Lipinski definition) is 4. The maximum absolute atomic E-state index is 13.7. The van der Waals surface area contributed by atoms with Crippen LogP contribution in [-0.2, 0) is 4.74 Å². The molecule has 3 heterocycles. The average molecular weight is 512 g/mol. The Bertz CT molecular complexity index is 1370. The van der Waals surface area contributed by atoms with Crippen LogP contribution in [0.15, 0.2) is 35.6 Å². The van der Waals surface area contributed by atoms with Gasteiger partial charge in [-0.3, -0.25) is 9.79 Å². The largest absolute Gasteiger partial charge is 0.444 e. The Morgan fingerprint density at radius 3 is 2.68 bits per heavy atom. The average Bonchev–Trinajstić information content (AvgIpc) is 3.24. The number of H-pyrrole nitrogens is 1. The van der Waals surface area contributed by atoms with E-state index in [0.29, 0.717) is 33.8 Å². The van der Waals surface area contributed by atoms with Crippen molar-refractivity contribution in [2.24, 2.45) is 4.99 Å². The number of aliphatic imine (C=N–C) groups is 1. The van der Waals surface area contributed by atoms with E-state index in [1.807, 2.05) is 0 Å². The predicted octanol–water partition coefficient (Wildman–Crippen LogP) is 2.32. The Balaban J connectivity index is 1.49. The molecule has 0 saturated carbocycles. The summed E-state index contributed by atoms with van der Waals surface area (Å²) in [5, 5.41) is 16.3. The van der Waals surface area contributed by atoms with Gasteiger partial charge in [-0.25, -0.2) is 19.2 Å². The third-order valence-electron chi connectivity index (χ3n) is 5.80. The van der Waals surface area contributed by atoms with Crippen molar-refractivity contribution in [3.63, 3.8) is 0 Å². The molecule has 0 radical (unpaired) electrons. The van der Waals surface area contributed by atoms with Gasteiger partial charge in [-0.15, -0.1) is 0 Å². The number of benzene rings is 1. The molecule has 12 heteroatoms. The molecular weight excluding hydrogens is 481 g/mol. The maximum atomic E-state index is 13.7. The summed E-state index contributed by atoms with van der Waals surface area (Å²) in [5.41, 5.74) is 1.09. The van der Waals surface area contributed by atoms with Crippen LogP contribution in [0.1, 0.15) is 42.4 Å². The highest BCUT2D eigenvalue weighted by molar-refractivity contribution is 6.15. The van der Waals surface area contributed by atoms with Crippen molar-refractivity contribution in [3.05, 3.63) is 53.2 Å². The first kappa shape index (κ1) is 26.0. The summed E-state index contributed by atoms with van der Waals surface area (Å²) < 4.78 is 19.0. The lowest BCUT2D eigenvalue weighted by Gasteiger charge is -2.46. The number of β-amino-alcohol motifs (C(OH)–C–C–N with tert-alkyl or cyclic N) is 1. The SMILES string of the molecule is C/N=C(/c1cnc2[nH]cc(C(=O)NCC3(O)CN(C(=O)OC(C)(C)C)C3)c2n1)c1ccc(F)cc1NC. The fourth-order valence-electron chi connectivity index (χ4n) is 4.05. The fraction of sp³-hybridized carbons (Fsp3) is 0.400. The molecule has 0 atom stereocenters. The molecule has 1 aromatic carbocycles. The Labute approximate surface area is 213 Å². The quantitative estimate of drug-likeness (QED) is 0.372. The van der Waals surface area contributed by atoms with Crippen molar-refractivity contribution in [1.82, 2.24) is 25.2 Å². The molecule has 1 fully saturated rings. The first-order valence-corrected chi connectivity index (χ1v) is 11.7. The summed E-state index contributed by atoms with van der Waals surface area (Å²) in [6.07, 6.45) is 2.49. The van der Waals surface area contributed by atoms with Crippen LogP contribution in [-0.4, -0.2) is 87.6 Å². The molecule has 0 aliphatic carbocycles. The minimum absolute atomic E-state index is 0.0435. The van der Waals surface area contributed by atoms with Gasteiger partial charge in [-0.2, -0.15) is 0 Å². The Morgan fingerprint density at radius 1 is 1.30 bits per heavy atom. The van der Waals surface area contributed by atoms with E-state index in [4.69, 9.17) is 4.74 Å². The first-order valence-electron chi connectivity index (χ1n) is 11.7. The first-order chi connectivity index (χ1) is 17.4. The number of carbonyl (C=O) groups excluding carboxylic acids is 2. The van der Waals surface area contributed by atoms with Crippen LogP contribution in [0.4, 0.5) is 14.9 Å². The number of nitrogens with zero attached hydrogens (tertiary/aromatic N) is 4. The molecule has 11 nitrogen and oxygen atoms in total. The summed E-state index contributed by atoms with van der Waals surface area (Å²) in [5.74, 6) is -0.855. The summed E-state index contributed by atoms with van der Waals surface area (Å²) in [7, 11) is 3.27. The standard InChI is InChI=1S/C25H30FN7O4/c1-24(2,3)37-23(35)33-12-25(36,13-33)11-31-22(34)16-9-29-21-20(16)32-18(10-30-21)19(28-5)15-7-6-14(26)8-17(15)27-4/h6-10,27,36H,11-13H2,1-5H3,(H,29,30)(H,31,34)/b28-19+. The Morgan fingerprint density at radius 2 is 2.03 bits per heavy atom. The molecule has 0 unspecified atom stereocenters. The molecule has 2 aromatic heterocycles. The zero-order chi connectivity index (χ0) is 27.0. The number of anilines is 1. The van der Waals surface area contributed by atoms with E-state index in [1.54, 1.807) is 40.9 Å². The van der Waals surface area contributed by atoms with Crippen LogP contribution in [0, 0.1) is 5.82 Å². The van der Waals surface area contributed by atoms with Gasteiger partial charge in [0.2, 0.25) is 0 Å². The predicted molar refractivity (Wildman–Crippen MR) is 136 cm³/mol. The third-order valence-corrected chi connectivity index (χ3v) is 5.80. The zero-order valence-corrected chi connectivity index (χ0v) is 21.3. The molecule has 2 amide bonds. The van der Waals surface area contributed by atoms with Crippen LogP contribution in [0.25, 0.3) is 11.2 Å².